The molecule has 1 aromatic rings. The Kier molecular flexibility index (Phi) is 4.52. The van der Waals surface area contributed by atoms with Crippen LogP contribution < -0.4 is 5.19 Å². The zero-order chi connectivity index (χ0) is 12.9. The highest BCUT2D eigenvalue weighted by atomic mass is 28.4. The maximum atomic E-state index is 9.45. The summed E-state index contributed by atoms with van der Waals surface area (Å²) in [6.07, 6.45) is 0. The van der Waals surface area contributed by atoms with E-state index in [-0.39, 0.29) is 0 Å². The van der Waals surface area contributed by atoms with Crippen molar-refractivity contribution in [1.82, 2.24) is 0 Å². The normalized spacial score (nSPS) is 11.8. The van der Waals surface area contributed by atoms with Crippen LogP contribution in [0.25, 0.3) is 0 Å². The smallest absolute Gasteiger partial charge is 0.219 e. The monoisotopic (exact) mass is 248 g/mol. The summed E-state index contributed by atoms with van der Waals surface area (Å²) in [4.78, 5) is 0. The van der Waals surface area contributed by atoms with Gasteiger partial charge in [-0.2, -0.15) is 0 Å². The van der Waals surface area contributed by atoms with Crippen molar-refractivity contribution in [2.45, 2.75) is 32.5 Å². The fourth-order valence-electron chi connectivity index (χ4n) is 1.39. The van der Waals surface area contributed by atoms with Gasteiger partial charge in [-0.3, -0.25) is 0 Å². The van der Waals surface area contributed by atoms with E-state index in [0.29, 0.717) is 6.61 Å². The third-order valence-corrected chi connectivity index (χ3v) is 4.96. The maximum absolute atomic E-state index is 9.45. The molecule has 0 aliphatic rings. The molecule has 0 saturated carbocycles. The van der Waals surface area contributed by atoms with E-state index in [4.69, 9.17) is 4.43 Å². The molecular weight excluding hydrogens is 228 g/mol. The van der Waals surface area contributed by atoms with Crippen molar-refractivity contribution in [2.24, 2.45) is 0 Å². The lowest BCUT2D eigenvalue weighted by molar-refractivity contribution is 0.143. The molecule has 0 saturated heterocycles. The van der Waals surface area contributed by atoms with Gasteiger partial charge in [-0.1, -0.05) is 42.2 Å². The van der Waals surface area contributed by atoms with Crippen molar-refractivity contribution >= 4 is 13.5 Å². The van der Waals surface area contributed by atoms with Gasteiger partial charge in [0, 0.05) is 0 Å². The van der Waals surface area contributed by atoms with Crippen molar-refractivity contribution in [2.75, 3.05) is 6.61 Å². The van der Waals surface area contributed by atoms with Crippen LogP contribution in [0.1, 0.15) is 13.8 Å². The highest BCUT2D eigenvalue weighted by molar-refractivity contribution is 6.84. The van der Waals surface area contributed by atoms with E-state index in [0.717, 1.165) is 0 Å². The molecule has 0 radical (unpaired) electrons. The second-order valence-electron chi connectivity index (χ2n) is 5.03. The van der Waals surface area contributed by atoms with Gasteiger partial charge in [-0.05, 0) is 32.1 Å². The number of aliphatic hydroxyl groups is 1. The summed E-state index contributed by atoms with van der Waals surface area (Å²) < 4.78 is 5.87. The number of hydrogen-bond acceptors (Lipinski definition) is 2. The molecule has 0 aliphatic heterocycles. The van der Waals surface area contributed by atoms with Crippen LogP contribution in [0.5, 0.6) is 0 Å². The number of rotatable bonds is 3. The molecule has 0 aliphatic carbocycles. The lowest BCUT2D eigenvalue weighted by Crippen LogP contribution is -2.44. The fraction of sp³-hybridized carbons (Fsp3) is 0.429. The molecule has 1 rings (SSSR count). The van der Waals surface area contributed by atoms with Gasteiger partial charge in [0.15, 0.2) is 0 Å². The standard InChI is InChI=1S/C14H20O2Si/c1-14(2,15)11-8-12-16-17(3,4)13-9-6-5-7-10-13/h5-7,9-10,15H,12H2,1-4H3. The second kappa shape index (κ2) is 5.50. The van der Waals surface area contributed by atoms with Crippen molar-refractivity contribution < 1.29 is 9.53 Å². The van der Waals surface area contributed by atoms with E-state index in [1.165, 1.54) is 5.19 Å². The topological polar surface area (TPSA) is 29.5 Å². The van der Waals surface area contributed by atoms with Gasteiger partial charge >= 0.3 is 0 Å². The van der Waals surface area contributed by atoms with Crippen LogP contribution in [0.4, 0.5) is 0 Å². The van der Waals surface area contributed by atoms with Crippen LogP contribution in [-0.4, -0.2) is 25.6 Å². The van der Waals surface area contributed by atoms with E-state index in [9.17, 15) is 5.11 Å². The number of hydrogen-bond donors (Lipinski definition) is 1. The molecule has 1 aromatic carbocycles. The Morgan fingerprint density at radius 2 is 1.82 bits per heavy atom. The molecule has 0 unspecified atom stereocenters. The Hall–Kier alpha value is -1.08. The van der Waals surface area contributed by atoms with Crippen LogP contribution >= 0.6 is 0 Å². The summed E-state index contributed by atoms with van der Waals surface area (Å²) >= 11 is 0. The first kappa shape index (κ1) is 14.0. The van der Waals surface area contributed by atoms with E-state index in [1.54, 1.807) is 13.8 Å². The Balaban J connectivity index is 2.59. The van der Waals surface area contributed by atoms with Crippen molar-refractivity contribution in [1.29, 1.82) is 0 Å². The van der Waals surface area contributed by atoms with E-state index in [1.807, 2.05) is 18.2 Å². The predicted octanol–water partition coefficient (Wildman–Crippen LogP) is 1.89. The minimum Gasteiger partial charge on any atom is -0.402 e. The zero-order valence-electron chi connectivity index (χ0n) is 10.9. The van der Waals surface area contributed by atoms with Crippen LogP contribution in [-0.2, 0) is 4.43 Å². The average Bonchev–Trinajstić information content (AvgIpc) is 2.25. The third kappa shape index (κ3) is 5.18. The van der Waals surface area contributed by atoms with Crippen LogP contribution in [0, 0.1) is 11.8 Å². The molecule has 0 aromatic heterocycles. The van der Waals surface area contributed by atoms with Crippen molar-refractivity contribution in [3.8, 4) is 11.8 Å². The van der Waals surface area contributed by atoms with E-state index >= 15 is 0 Å². The SMILES string of the molecule is CC(C)(O)C#CCO[Si](C)(C)c1ccccc1. The average molecular weight is 248 g/mol. The molecular formula is C14H20O2Si. The highest BCUT2D eigenvalue weighted by Gasteiger charge is 2.24. The molecule has 2 nitrogen and oxygen atoms in total. The largest absolute Gasteiger partial charge is 0.402 e. The minimum absolute atomic E-state index is 0.373. The van der Waals surface area contributed by atoms with Crippen molar-refractivity contribution in [3.05, 3.63) is 30.3 Å². The predicted molar refractivity (Wildman–Crippen MR) is 73.6 cm³/mol. The molecule has 0 bridgehead atoms. The molecule has 1 N–H and O–H groups in total. The minimum atomic E-state index is -1.86. The maximum Gasteiger partial charge on any atom is 0.219 e. The van der Waals surface area contributed by atoms with Crippen LogP contribution in [0.2, 0.25) is 13.1 Å². The molecule has 0 spiro atoms. The van der Waals surface area contributed by atoms with Gasteiger partial charge in [0.05, 0.1) is 6.61 Å². The summed E-state index contributed by atoms with van der Waals surface area (Å²) in [6, 6.07) is 10.2. The molecule has 0 atom stereocenters. The Bertz CT molecular complexity index is 407. The Labute approximate surface area is 105 Å². The molecule has 17 heavy (non-hydrogen) atoms. The van der Waals surface area contributed by atoms with Gasteiger partial charge in [0.25, 0.3) is 0 Å². The molecule has 0 heterocycles. The lowest BCUT2D eigenvalue weighted by atomic mass is 10.1. The first-order valence-electron chi connectivity index (χ1n) is 5.73. The molecule has 3 heteroatoms. The summed E-state index contributed by atoms with van der Waals surface area (Å²) in [5, 5.41) is 10.7. The van der Waals surface area contributed by atoms with Gasteiger partial charge in [0.1, 0.15) is 5.60 Å². The summed E-state index contributed by atoms with van der Waals surface area (Å²) in [7, 11) is -1.86. The zero-order valence-corrected chi connectivity index (χ0v) is 11.9. The van der Waals surface area contributed by atoms with E-state index < -0.39 is 13.9 Å². The molecule has 0 amide bonds. The quantitative estimate of drug-likeness (QED) is 0.654. The van der Waals surface area contributed by atoms with Crippen molar-refractivity contribution in [3.63, 3.8) is 0 Å². The van der Waals surface area contributed by atoms with Gasteiger partial charge < -0.3 is 9.53 Å². The Morgan fingerprint density at radius 3 is 2.35 bits per heavy atom. The lowest BCUT2D eigenvalue weighted by Gasteiger charge is -2.21. The van der Waals surface area contributed by atoms with E-state index in [2.05, 4.69) is 37.1 Å². The fourth-order valence-corrected chi connectivity index (χ4v) is 2.99. The second-order valence-corrected chi connectivity index (χ2v) is 8.91. The third-order valence-electron chi connectivity index (χ3n) is 2.37. The van der Waals surface area contributed by atoms with Gasteiger partial charge in [-0.15, -0.1) is 0 Å². The molecule has 0 fully saturated rings. The van der Waals surface area contributed by atoms with Crippen LogP contribution in [0.15, 0.2) is 30.3 Å². The Morgan fingerprint density at radius 1 is 1.24 bits per heavy atom. The van der Waals surface area contributed by atoms with Gasteiger partial charge in [0.2, 0.25) is 8.32 Å². The molecule has 92 valence electrons. The highest BCUT2D eigenvalue weighted by Crippen LogP contribution is 2.05. The first-order valence-corrected chi connectivity index (χ1v) is 8.64. The first-order chi connectivity index (χ1) is 7.81. The van der Waals surface area contributed by atoms with Crippen LogP contribution in [0.3, 0.4) is 0 Å². The summed E-state index contributed by atoms with van der Waals surface area (Å²) in [6.45, 7) is 8.00. The number of benzene rings is 1. The van der Waals surface area contributed by atoms with Gasteiger partial charge in [-0.25, -0.2) is 0 Å². The summed E-state index contributed by atoms with van der Waals surface area (Å²) in [5.74, 6) is 5.61. The summed E-state index contributed by atoms with van der Waals surface area (Å²) in [5.41, 5.74) is -0.943.